The van der Waals surface area contributed by atoms with Crippen LogP contribution in [0.15, 0.2) is 22.8 Å². The number of nitrogens with zero attached hydrogens (tertiary/aromatic N) is 1. The van der Waals surface area contributed by atoms with Crippen molar-refractivity contribution in [2.75, 3.05) is 5.32 Å². The zero-order valence-corrected chi connectivity index (χ0v) is 11.8. The zero-order chi connectivity index (χ0) is 12.5. The van der Waals surface area contributed by atoms with Gasteiger partial charge in [-0.1, -0.05) is 20.3 Å². The van der Waals surface area contributed by atoms with E-state index in [1.807, 2.05) is 12.1 Å². The lowest BCUT2D eigenvalue weighted by Crippen LogP contribution is -2.31. The molecular formula is C13H17BrN2O. The minimum atomic E-state index is 0.0897. The fourth-order valence-electron chi connectivity index (χ4n) is 2.49. The first-order chi connectivity index (χ1) is 8.00. The van der Waals surface area contributed by atoms with Crippen LogP contribution in [0.25, 0.3) is 0 Å². The highest BCUT2D eigenvalue weighted by Crippen LogP contribution is 2.43. The molecule has 0 aromatic carbocycles. The lowest BCUT2D eigenvalue weighted by atomic mass is 9.81. The number of nitrogens with one attached hydrogen (secondary N) is 1. The summed E-state index contributed by atoms with van der Waals surface area (Å²) in [6, 6.07) is 3.71. The molecule has 1 aliphatic rings. The lowest BCUT2D eigenvalue weighted by molar-refractivity contribution is -0.122. The first-order valence-electron chi connectivity index (χ1n) is 5.92. The summed E-state index contributed by atoms with van der Waals surface area (Å²) in [6.45, 7) is 4.33. The van der Waals surface area contributed by atoms with E-state index in [1.54, 1.807) is 6.20 Å². The normalized spacial score (nSPS) is 22.4. The summed E-state index contributed by atoms with van der Waals surface area (Å²) in [4.78, 5) is 16.4. The fourth-order valence-corrected chi connectivity index (χ4v) is 2.85. The van der Waals surface area contributed by atoms with Crippen molar-refractivity contribution in [3.63, 3.8) is 0 Å². The van der Waals surface area contributed by atoms with Gasteiger partial charge in [-0.05, 0) is 46.3 Å². The van der Waals surface area contributed by atoms with Gasteiger partial charge in [0.2, 0.25) is 5.91 Å². The third-order valence-corrected chi connectivity index (χ3v) is 4.21. The molecule has 1 N–H and O–H groups in total. The molecule has 1 aliphatic carbocycles. The SMILES string of the molecule is CC1(C)CCCC1C(=O)Nc1ncccc1Br. The standard InChI is InChI=1S/C13H17BrN2O/c1-13(2)7-3-5-9(13)12(17)16-11-10(14)6-4-8-15-11/h4,6,8-9H,3,5,7H2,1-2H3,(H,15,16,17). The van der Waals surface area contributed by atoms with Gasteiger partial charge in [-0.2, -0.15) is 0 Å². The Bertz CT molecular complexity index is 431. The van der Waals surface area contributed by atoms with Gasteiger partial charge in [-0.25, -0.2) is 4.98 Å². The van der Waals surface area contributed by atoms with E-state index in [-0.39, 0.29) is 17.2 Å². The molecule has 0 aliphatic heterocycles. The van der Waals surface area contributed by atoms with Gasteiger partial charge in [0.05, 0.1) is 4.47 Å². The Morgan fingerprint density at radius 2 is 2.35 bits per heavy atom. The van der Waals surface area contributed by atoms with Crippen molar-refractivity contribution < 1.29 is 4.79 Å². The van der Waals surface area contributed by atoms with Crippen LogP contribution in [-0.2, 0) is 4.79 Å². The van der Waals surface area contributed by atoms with E-state index in [1.165, 1.54) is 0 Å². The number of pyridine rings is 1. The Morgan fingerprint density at radius 3 is 2.94 bits per heavy atom. The van der Waals surface area contributed by atoms with E-state index in [2.05, 4.69) is 40.1 Å². The number of anilines is 1. The molecule has 1 atom stereocenters. The van der Waals surface area contributed by atoms with Crippen LogP contribution < -0.4 is 5.32 Å². The minimum absolute atomic E-state index is 0.0897. The monoisotopic (exact) mass is 296 g/mol. The highest BCUT2D eigenvalue weighted by molar-refractivity contribution is 9.10. The first-order valence-corrected chi connectivity index (χ1v) is 6.71. The summed E-state index contributed by atoms with van der Waals surface area (Å²) in [5, 5.41) is 2.91. The van der Waals surface area contributed by atoms with Crippen LogP contribution in [0, 0.1) is 11.3 Å². The van der Waals surface area contributed by atoms with Crippen molar-refractivity contribution in [3.8, 4) is 0 Å². The molecule has 0 bridgehead atoms. The quantitative estimate of drug-likeness (QED) is 0.906. The van der Waals surface area contributed by atoms with Gasteiger partial charge < -0.3 is 5.32 Å². The van der Waals surface area contributed by atoms with E-state index in [9.17, 15) is 4.79 Å². The second-order valence-electron chi connectivity index (χ2n) is 5.26. The molecule has 1 aromatic heterocycles. The number of rotatable bonds is 2. The average Bonchev–Trinajstić information content (AvgIpc) is 2.61. The molecule has 1 fully saturated rings. The van der Waals surface area contributed by atoms with Crippen LogP contribution in [0.3, 0.4) is 0 Å². The van der Waals surface area contributed by atoms with Crippen molar-refractivity contribution in [1.82, 2.24) is 4.98 Å². The molecule has 92 valence electrons. The summed E-state index contributed by atoms with van der Waals surface area (Å²) in [6.07, 6.45) is 4.91. The minimum Gasteiger partial charge on any atom is -0.310 e. The van der Waals surface area contributed by atoms with Gasteiger partial charge in [0.15, 0.2) is 0 Å². The smallest absolute Gasteiger partial charge is 0.229 e. The fraction of sp³-hybridized carbons (Fsp3) is 0.538. The summed E-state index contributed by atoms with van der Waals surface area (Å²) in [5.74, 6) is 0.795. The van der Waals surface area contributed by atoms with Crippen LogP contribution in [0.1, 0.15) is 33.1 Å². The van der Waals surface area contributed by atoms with Crippen molar-refractivity contribution in [3.05, 3.63) is 22.8 Å². The van der Waals surface area contributed by atoms with Crippen LogP contribution in [0.5, 0.6) is 0 Å². The number of hydrogen-bond donors (Lipinski definition) is 1. The summed E-state index contributed by atoms with van der Waals surface area (Å²) >= 11 is 3.38. The molecule has 3 nitrogen and oxygen atoms in total. The van der Waals surface area contributed by atoms with Gasteiger partial charge >= 0.3 is 0 Å². The Labute approximate surface area is 110 Å². The summed E-state index contributed by atoms with van der Waals surface area (Å²) in [5.41, 5.74) is 0.103. The van der Waals surface area contributed by atoms with E-state index < -0.39 is 0 Å². The third-order valence-electron chi connectivity index (χ3n) is 3.57. The number of amides is 1. The third kappa shape index (κ3) is 2.68. The number of aromatic nitrogens is 1. The molecule has 2 rings (SSSR count). The van der Waals surface area contributed by atoms with E-state index in [4.69, 9.17) is 0 Å². The van der Waals surface area contributed by atoms with Crippen LogP contribution in [-0.4, -0.2) is 10.9 Å². The molecule has 1 amide bonds. The largest absolute Gasteiger partial charge is 0.310 e. The second-order valence-corrected chi connectivity index (χ2v) is 6.11. The average molecular weight is 297 g/mol. The van der Waals surface area contributed by atoms with Crippen molar-refractivity contribution in [2.24, 2.45) is 11.3 Å². The molecule has 17 heavy (non-hydrogen) atoms. The van der Waals surface area contributed by atoms with Crippen molar-refractivity contribution >= 4 is 27.7 Å². The predicted molar refractivity (Wildman–Crippen MR) is 71.7 cm³/mol. The Kier molecular flexibility index (Phi) is 3.52. The van der Waals surface area contributed by atoms with Gasteiger partial charge in [-0.15, -0.1) is 0 Å². The maximum atomic E-state index is 12.2. The molecule has 4 heteroatoms. The Balaban J connectivity index is 2.10. The zero-order valence-electron chi connectivity index (χ0n) is 10.2. The molecule has 1 unspecified atom stereocenters. The van der Waals surface area contributed by atoms with Crippen molar-refractivity contribution in [2.45, 2.75) is 33.1 Å². The number of halogens is 1. The highest BCUT2D eigenvalue weighted by Gasteiger charge is 2.39. The molecule has 0 spiro atoms. The maximum Gasteiger partial charge on any atom is 0.229 e. The summed E-state index contributed by atoms with van der Waals surface area (Å²) in [7, 11) is 0. The molecule has 0 saturated heterocycles. The number of carbonyl (C=O) groups excluding carboxylic acids is 1. The van der Waals surface area contributed by atoms with E-state index in [0.717, 1.165) is 23.7 Å². The molecule has 1 heterocycles. The molecule has 1 saturated carbocycles. The second kappa shape index (κ2) is 4.77. The number of hydrogen-bond acceptors (Lipinski definition) is 2. The maximum absolute atomic E-state index is 12.2. The van der Waals surface area contributed by atoms with Gasteiger partial charge in [0.25, 0.3) is 0 Å². The highest BCUT2D eigenvalue weighted by atomic mass is 79.9. The molecular weight excluding hydrogens is 280 g/mol. The molecule has 0 radical (unpaired) electrons. The Morgan fingerprint density at radius 1 is 1.59 bits per heavy atom. The van der Waals surface area contributed by atoms with Crippen LogP contribution in [0.4, 0.5) is 5.82 Å². The van der Waals surface area contributed by atoms with Crippen LogP contribution >= 0.6 is 15.9 Å². The lowest BCUT2D eigenvalue weighted by Gasteiger charge is -2.25. The predicted octanol–water partition coefficient (Wildman–Crippen LogP) is 3.61. The Hall–Kier alpha value is -0.900. The van der Waals surface area contributed by atoms with Gasteiger partial charge in [0, 0.05) is 12.1 Å². The molecule has 1 aromatic rings. The topological polar surface area (TPSA) is 42.0 Å². The van der Waals surface area contributed by atoms with E-state index in [0.29, 0.717) is 5.82 Å². The first kappa shape index (κ1) is 12.6. The summed E-state index contributed by atoms with van der Waals surface area (Å²) < 4.78 is 0.823. The van der Waals surface area contributed by atoms with Crippen molar-refractivity contribution in [1.29, 1.82) is 0 Å². The number of carbonyl (C=O) groups is 1. The van der Waals surface area contributed by atoms with Crippen LogP contribution in [0.2, 0.25) is 0 Å². The van der Waals surface area contributed by atoms with Gasteiger partial charge in [0.1, 0.15) is 5.82 Å². The van der Waals surface area contributed by atoms with E-state index >= 15 is 0 Å². The van der Waals surface area contributed by atoms with Gasteiger partial charge in [-0.3, -0.25) is 4.79 Å².